The van der Waals surface area contributed by atoms with Crippen molar-refractivity contribution < 1.29 is 9.59 Å². The fourth-order valence-corrected chi connectivity index (χ4v) is 3.78. The quantitative estimate of drug-likeness (QED) is 0.855. The molecule has 0 unspecified atom stereocenters. The van der Waals surface area contributed by atoms with Gasteiger partial charge in [0.2, 0.25) is 0 Å². The van der Waals surface area contributed by atoms with Crippen LogP contribution in [0.15, 0.2) is 36.5 Å². The topological polar surface area (TPSA) is 50.3 Å². The molecule has 1 heterocycles. The third-order valence-electron chi connectivity index (χ3n) is 5.23. The van der Waals surface area contributed by atoms with Crippen molar-refractivity contribution in [1.29, 1.82) is 0 Å². The Bertz CT molecular complexity index is 803. The van der Waals surface area contributed by atoms with Crippen LogP contribution >= 0.6 is 0 Å². The Morgan fingerprint density at radius 1 is 1.17 bits per heavy atom. The number of aryl methyl sites for hydroxylation is 1. The molecule has 0 spiro atoms. The molecule has 4 nitrogen and oxygen atoms in total. The molecule has 1 aromatic heterocycles. The van der Waals surface area contributed by atoms with Crippen LogP contribution in [-0.2, 0) is 19.3 Å². The number of likely N-dealkylation sites (N-methyl/N-ethyl adjacent to an activating group) is 1. The van der Waals surface area contributed by atoms with E-state index in [9.17, 15) is 9.59 Å². The van der Waals surface area contributed by atoms with Crippen LogP contribution in [0.2, 0.25) is 0 Å². The summed E-state index contributed by atoms with van der Waals surface area (Å²) >= 11 is 0. The maximum absolute atomic E-state index is 12.8. The number of pyridine rings is 1. The summed E-state index contributed by atoms with van der Waals surface area (Å²) in [6.45, 7) is 0. The van der Waals surface area contributed by atoms with Gasteiger partial charge in [0.25, 0.3) is 5.91 Å². The average molecular weight is 320 g/mol. The van der Waals surface area contributed by atoms with Gasteiger partial charge in [0.1, 0.15) is 0 Å². The van der Waals surface area contributed by atoms with Gasteiger partial charge in [0.15, 0.2) is 5.78 Å². The number of ketones is 1. The number of rotatable bonds is 2. The van der Waals surface area contributed by atoms with Crippen LogP contribution in [0.5, 0.6) is 0 Å². The standard InChI is InChI=1S/C20H20N2O2/c1-22(16-9-13-5-2-3-6-14(13)10-16)20(24)15-11-17-18(21-12-15)7-4-8-19(17)23/h2-3,5-6,11-12,16H,4,7-10H2,1H3. The van der Waals surface area contributed by atoms with Gasteiger partial charge in [-0.2, -0.15) is 0 Å². The molecule has 0 N–H and O–H groups in total. The van der Waals surface area contributed by atoms with E-state index in [1.807, 2.05) is 19.2 Å². The van der Waals surface area contributed by atoms with Gasteiger partial charge in [-0.15, -0.1) is 0 Å². The Balaban J connectivity index is 1.56. The summed E-state index contributed by atoms with van der Waals surface area (Å²) in [4.78, 5) is 31.1. The SMILES string of the molecule is CN(C(=O)c1cnc2c(c1)C(=O)CCC2)C1Cc2ccccc2C1. The Kier molecular flexibility index (Phi) is 3.68. The number of aromatic nitrogens is 1. The van der Waals surface area contributed by atoms with Crippen molar-refractivity contribution in [1.82, 2.24) is 9.88 Å². The van der Waals surface area contributed by atoms with Crippen molar-refractivity contribution in [3.63, 3.8) is 0 Å². The highest BCUT2D eigenvalue weighted by molar-refractivity contribution is 6.01. The molecule has 24 heavy (non-hydrogen) atoms. The molecule has 1 aromatic carbocycles. The summed E-state index contributed by atoms with van der Waals surface area (Å²) < 4.78 is 0. The van der Waals surface area contributed by atoms with E-state index >= 15 is 0 Å². The monoisotopic (exact) mass is 320 g/mol. The van der Waals surface area contributed by atoms with Crippen LogP contribution in [0.3, 0.4) is 0 Å². The number of amides is 1. The molecule has 0 saturated carbocycles. The number of nitrogens with zero attached hydrogens (tertiary/aromatic N) is 2. The molecule has 0 radical (unpaired) electrons. The number of Topliss-reactive ketones (excluding diaryl/α,β-unsaturated/α-hetero) is 1. The molecule has 0 bridgehead atoms. The van der Waals surface area contributed by atoms with Crippen LogP contribution in [0.25, 0.3) is 0 Å². The van der Waals surface area contributed by atoms with Crippen LogP contribution < -0.4 is 0 Å². The lowest BCUT2D eigenvalue weighted by atomic mass is 9.93. The molecule has 1 amide bonds. The van der Waals surface area contributed by atoms with Crippen molar-refractivity contribution in [2.75, 3.05) is 7.05 Å². The highest BCUT2D eigenvalue weighted by Crippen LogP contribution is 2.26. The zero-order valence-electron chi connectivity index (χ0n) is 13.8. The molecule has 2 aliphatic carbocycles. The number of fused-ring (bicyclic) bond motifs is 2. The minimum Gasteiger partial charge on any atom is -0.338 e. The number of carbonyl (C=O) groups excluding carboxylic acids is 2. The van der Waals surface area contributed by atoms with E-state index in [4.69, 9.17) is 0 Å². The van der Waals surface area contributed by atoms with Crippen molar-refractivity contribution in [2.45, 2.75) is 38.1 Å². The fourth-order valence-electron chi connectivity index (χ4n) is 3.78. The molecule has 0 aliphatic heterocycles. The molecule has 2 aromatic rings. The summed E-state index contributed by atoms with van der Waals surface area (Å²) in [5, 5.41) is 0. The lowest BCUT2D eigenvalue weighted by Gasteiger charge is -2.25. The molecule has 0 atom stereocenters. The van der Waals surface area contributed by atoms with E-state index in [1.54, 1.807) is 17.2 Å². The van der Waals surface area contributed by atoms with Gasteiger partial charge in [-0.3, -0.25) is 14.6 Å². The second kappa shape index (κ2) is 5.86. The summed E-state index contributed by atoms with van der Waals surface area (Å²) in [6, 6.07) is 10.3. The summed E-state index contributed by atoms with van der Waals surface area (Å²) in [7, 11) is 1.85. The highest BCUT2D eigenvalue weighted by atomic mass is 16.2. The van der Waals surface area contributed by atoms with Gasteiger partial charge in [-0.1, -0.05) is 24.3 Å². The van der Waals surface area contributed by atoms with Crippen molar-refractivity contribution in [3.8, 4) is 0 Å². The predicted molar refractivity (Wildman–Crippen MR) is 91.2 cm³/mol. The molecule has 4 heteroatoms. The summed E-state index contributed by atoms with van der Waals surface area (Å²) in [5.74, 6) is 0.0517. The van der Waals surface area contributed by atoms with Gasteiger partial charge < -0.3 is 4.90 Å². The lowest BCUT2D eigenvalue weighted by Crippen LogP contribution is -2.37. The van der Waals surface area contributed by atoms with Crippen molar-refractivity contribution >= 4 is 11.7 Å². The van der Waals surface area contributed by atoms with Gasteiger partial charge in [0.05, 0.1) is 11.3 Å². The molecule has 0 saturated heterocycles. The number of hydrogen-bond donors (Lipinski definition) is 0. The number of carbonyl (C=O) groups is 2. The minimum absolute atomic E-state index is 0.0542. The first-order chi connectivity index (χ1) is 11.6. The molecular weight excluding hydrogens is 300 g/mol. The zero-order chi connectivity index (χ0) is 16.7. The van der Waals surface area contributed by atoms with E-state index in [0.717, 1.165) is 31.4 Å². The maximum atomic E-state index is 12.8. The minimum atomic E-state index is -0.0542. The number of hydrogen-bond acceptors (Lipinski definition) is 3. The van der Waals surface area contributed by atoms with Gasteiger partial charge in [-0.05, 0) is 42.9 Å². The van der Waals surface area contributed by atoms with E-state index in [2.05, 4.69) is 17.1 Å². The normalized spacial score (nSPS) is 16.6. The summed E-state index contributed by atoms with van der Waals surface area (Å²) in [5.41, 5.74) is 4.62. The second-order valence-electron chi connectivity index (χ2n) is 6.74. The fraction of sp³-hybridized carbons (Fsp3) is 0.350. The molecular formula is C20H20N2O2. The first-order valence-corrected chi connectivity index (χ1v) is 8.49. The Labute approximate surface area is 141 Å². The Hall–Kier alpha value is -2.49. The predicted octanol–water partition coefficient (Wildman–Crippen LogP) is 2.84. The zero-order valence-corrected chi connectivity index (χ0v) is 13.8. The Morgan fingerprint density at radius 2 is 1.88 bits per heavy atom. The second-order valence-corrected chi connectivity index (χ2v) is 6.74. The van der Waals surface area contributed by atoms with Crippen LogP contribution in [0.1, 0.15) is 50.4 Å². The molecule has 122 valence electrons. The van der Waals surface area contributed by atoms with E-state index in [-0.39, 0.29) is 17.7 Å². The van der Waals surface area contributed by atoms with Gasteiger partial charge >= 0.3 is 0 Å². The van der Waals surface area contributed by atoms with Gasteiger partial charge in [0, 0.05) is 31.3 Å². The third kappa shape index (κ3) is 2.52. The van der Waals surface area contributed by atoms with Gasteiger partial charge in [-0.25, -0.2) is 0 Å². The van der Waals surface area contributed by atoms with E-state index in [1.165, 1.54) is 11.1 Å². The highest BCUT2D eigenvalue weighted by Gasteiger charge is 2.29. The van der Waals surface area contributed by atoms with E-state index in [0.29, 0.717) is 17.5 Å². The maximum Gasteiger partial charge on any atom is 0.255 e. The Morgan fingerprint density at radius 3 is 2.58 bits per heavy atom. The average Bonchev–Trinajstić information content (AvgIpc) is 3.04. The van der Waals surface area contributed by atoms with Crippen LogP contribution in [-0.4, -0.2) is 34.7 Å². The van der Waals surface area contributed by atoms with E-state index < -0.39 is 0 Å². The smallest absolute Gasteiger partial charge is 0.255 e. The largest absolute Gasteiger partial charge is 0.338 e. The number of benzene rings is 1. The summed E-state index contributed by atoms with van der Waals surface area (Å²) in [6.07, 6.45) is 5.62. The van der Waals surface area contributed by atoms with Crippen molar-refractivity contribution in [3.05, 3.63) is 64.5 Å². The molecule has 4 rings (SSSR count). The molecule has 2 aliphatic rings. The molecule has 0 fully saturated rings. The lowest BCUT2D eigenvalue weighted by molar-refractivity contribution is 0.0737. The first kappa shape index (κ1) is 15.1. The van der Waals surface area contributed by atoms with Crippen LogP contribution in [0.4, 0.5) is 0 Å². The van der Waals surface area contributed by atoms with Crippen molar-refractivity contribution in [2.24, 2.45) is 0 Å². The third-order valence-corrected chi connectivity index (χ3v) is 5.23. The van der Waals surface area contributed by atoms with Crippen LogP contribution in [0, 0.1) is 0 Å². The first-order valence-electron chi connectivity index (χ1n) is 8.49.